The summed E-state index contributed by atoms with van der Waals surface area (Å²) in [6.45, 7) is 2.40. The number of hydrogen-bond acceptors (Lipinski definition) is 4. The number of carbonyl (C=O) groups is 1. The van der Waals surface area contributed by atoms with Crippen LogP contribution >= 0.6 is 0 Å². The average molecular weight is 457 g/mol. The molecule has 0 N–H and O–H groups in total. The van der Waals surface area contributed by atoms with E-state index in [2.05, 4.69) is 17.2 Å². The second-order valence-corrected chi connectivity index (χ2v) is 8.13. The van der Waals surface area contributed by atoms with Crippen molar-refractivity contribution in [1.82, 2.24) is 14.7 Å². The number of nitrogens with zero attached hydrogens (tertiary/aromatic N) is 4. The minimum atomic E-state index is -0.240. The zero-order valence-electron chi connectivity index (χ0n) is 18.7. The summed E-state index contributed by atoms with van der Waals surface area (Å²) in [6.07, 6.45) is 1.74. The number of benzene rings is 3. The minimum Gasteiger partial charge on any atom is -0.471 e. The monoisotopic (exact) mass is 456 g/mol. The van der Waals surface area contributed by atoms with Gasteiger partial charge in [-0.2, -0.15) is 5.10 Å². The maximum atomic E-state index is 14.0. The van der Waals surface area contributed by atoms with E-state index in [4.69, 9.17) is 4.74 Å². The van der Waals surface area contributed by atoms with Crippen LogP contribution in [0.4, 0.5) is 10.1 Å². The number of hydrogen-bond donors (Lipinski definition) is 0. The van der Waals surface area contributed by atoms with Crippen LogP contribution in [0.15, 0.2) is 91.1 Å². The molecule has 0 aliphatic carbocycles. The highest BCUT2D eigenvalue weighted by atomic mass is 19.1. The molecule has 0 saturated carbocycles. The maximum Gasteiger partial charge on any atom is 0.274 e. The molecule has 2 heterocycles. The third-order valence-electron chi connectivity index (χ3n) is 5.94. The first-order chi connectivity index (χ1) is 16.7. The number of amides is 1. The number of ether oxygens (including phenoxy) is 1. The summed E-state index contributed by atoms with van der Waals surface area (Å²) in [7, 11) is 0. The minimum absolute atomic E-state index is 0.126. The van der Waals surface area contributed by atoms with Crippen molar-refractivity contribution in [1.29, 1.82) is 0 Å². The lowest BCUT2D eigenvalue weighted by atomic mass is 10.1. The van der Waals surface area contributed by atoms with Gasteiger partial charge in [-0.3, -0.25) is 4.79 Å². The van der Waals surface area contributed by atoms with E-state index in [1.54, 1.807) is 34.0 Å². The molecule has 1 aliphatic rings. The number of para-hydroxylation sites is 1. The first-order valence-electron chi connectivity index (χ1n) is 11.3. The second-order valence-electron chi connectivity index (χ2n) is 8.13. The Morgan fingerprint density at radius 2 is 1.50 bits per heavy atom. The molecule has 0 bridgehead atoms. The Hall–Kier alpha value is -4.13. The number of piperazine rings is 1. The summed E-state index contributed by atoms with van der Waals surface area (Å²) in [5.74, 6) is 0.363. The van der Waals surface area contributed by atoms with Crippen LogP contribution < -0.4 is 9.64 Å². The highest BCUT2D eigenvalue weighted by Crippen LogP contribution is 2.23. The highest BCUT2D eigenvalue weighted by molar-refractivity contribution is 5.92. The van der Waals surface area contributed by atoms with E-state index < -0.39 is 0 Å². The van der Waals surface area contributed by atoms with E-state index in [0.29, 0.717) is 37.6 Å². The van der Waals surface area contributed by atoms with Crippen LogP contribution in [-0.2, 0) is 6.73 Å². The fraction of sp³-hybridized carbons (Fsp3) is 0.185. The standard InChI is InChI=1S/C27H25FN4O2/c28-24-8-4-5-9-26(24)30-16-18-31(19-17-30)27(33)25-14-15-32(29-25)20-34-23-12-10-22(11-13-23)21-6-2-1-3-7-21/h1-15H,16-20H2. The predicted molar refractivity (Wildman–Crippen MR) is 129 cm³/mol. The van der Waals surface area contributed by atoms with Gasteiger partial charge in [-0.05, 0) is 41.5 Å². The van der Waals surface area contributed by atoms with E-state index in [-0.39, 0.29) is 18.5 Å². The van der Waals surface area contributed by atoms with Crippen LogP contribution in [0, 0.1) is 5.82 Å². The van der Waals surface area contributed by atoms with Gasteiger partial charge in [0.2, 0.25) is 0 Å². The summed E-state index contributed by atoms with van der Waals surface area (Å²) in [6, 6.07) is 26.5. The predicted octanol–water partition coefficient (Wildman–Crippen LogP) is 4.69. The van der Waals surface area contributed by atoms with Crippen molar-refractivity contribution < 1.29 is 13.9 Å². The van der Waals surface area contributed by atoms with Crippen molar-refractivity contribution in [3.8, 4) is 16.9 Å². The molecule has 1 fully saturated rings. The summed E-state index contributed by atoms with van der Waals surface area (Å²) in [4.78, 5) is 16.6. The molecular weight excluding hydrogens is 431 g/mol. The Morgan fingerprint density at radius 3 is 2.24 bits per heavy atom. The summed E-state index contributed by atoms with van der Waals surface area (Å²) < 4.78 is 21.5. The molecule has 3 aromatic carbocycles. The van der Waals surface area contributed by atoms with Gasteiger partial charge >= 0.3 is 0 Å². The third kappa shape index (κ3) is 4.78. The van der Waals surface area contributed by atoms with Crippen molar-refractivity contribution in [2.45, 2.75) is 6.73 Å². The quantitative estimate of drug-likeness (QED) is 0.423. The molecule has 1 aliphatic heterocycles. The van der Waals surface area contributed by atoms with Crippen molar-refractivity contribution in [3.05, 3.63) is 103 Å². The smallest absolute Gasteiger partial charge is 0.274 e. The lowest BCUT2D eigenvalue weighted by Gasteiger charge is -2.35. The Balaban J connectivity index is 1.14. The number of halogens is 1. The Kier molecular flexibility index (Phi) is 6.25. The molecule has 172 valence electrons. The van der Waals surface area contributed by atoms with Crippen LogP contribution in [0.3, 0.4) is 0 Å². The van der Waals surface area contributed by atoms with Gasteiger partial charge in [0.15, 0.2) is 12.4 Å². The fourth-order valence-electron chi connectivity index (χ4n) is 4.08. The maximum absolute atomic E-state index is 14.0. The van der Waals surface area contributed by atoms with Gasteiger partial charge in [-0.1, -0.05) is 54.6 Å². The van der Waals surface area contributed by atoms with Gasteiger partial charge in [0.25, 0.3) is 5.91 Å². The van der Waals surface area contributed by atoms with Crippen molar-refractivity contribution in [2.75, 3.05) is 31.1 Å². The molecule has 0 spiro atoms. The molecule has 0 unspecified atom stereocenters. The van der Waals surface area contributed by atoms with Gasteiger partial charge in [-0.25, -0.2) is 9.07 Å². The Labute approximate surface area is 197 Å². The largest absolute Gasteiger partial charge is 0.471 e. The van der Waals surface area contributed by atoms with Gasteiger partial charge in [0.05, 0.1) is 5.69 Å². The first-order valence-corrected chi connectivity index (χ1v) is 11.3. The molecule has 5 rings (SSSR count). The molecule has 6 nitrogen and oxygen atoms in total. The average Bonchev–Trinajstić information content (AvgIpc) is 3.37. The molecule has 4 aromatic rings. The van der Waals surface area contributed by atoms with Gasteiger partial charge in [0.1, 0.15) is 11.6 Å². The molecule has 1 saturated heterocycles. The molecule has 7 heteroatoms. The van der Waals surface area contributed by atoms with E-state index in [0.717, 1.165) is 16.9 Å². The molecule has 1 aromatic heterocycles. The van der Waals surface area contributed by atoms with E-state index in [1.807, 2.05) is 53.4 Å². The normalized spacial score (nSPS) is 13.7. The first kappa shape index (κ1) is 21.7. The molecule has 0 atom stereocenters. The van der Waals surface area contributed by atoms with E-state index in [1.165, 1.54) is 6.07 Å². The number of carbonyl (C=O) groups excluding carboxylic acids is 1. The summed E-state index contributed by atoms with van der Waals surface area (Å²) in [5, 5.41) is 4.38. The molecule has 1 amide bonds. The summed E-state index contributed by atoms with van der Waals surface area (Å²) >= 11 is 0. The third-order valence-corrected chi connectivity index (χ3v) is 5.94. The van der Waals surface area contributed by atoms with Crippen molar-refractivity contribution in [3.63, 3.8) is 0 Å². The van der Waals surface area contributed by atoms with E-state index in [9.17, 15) is 9.18 Å². The fourth-order valence-corrected chi connectivity index (χ4v) is 4.08. The Morgan fingerprint density at radius 1 is 0.824 bits per heavy atom. The van der Waals surface area contributed by atoms with Crippen LogP contribution in [0.1, 0.15) is 10.5 Å². The summed E-state index contributed by atoms with van der Waals surface area (Å²) in [5.41, 5.74) is 3.23. The lowest BCUT2D eigenvalue weighted by Crippen LogP contribution is -2.49. The number of aromatic nitrogens is 2. The SMILES string of the molecule is O=C(c1ccn(COc2ccc(-c3ccccc3)cc2)n1)N1CCN(c2ccccc2F)CC1. The molecule has 34 heavy (non-hydrogen) atoms. The molecule has 0 radical (unpaired) electrons. The van der Waals surface area contributed by atoms with Crippen LogP contribution in [0.5, 0.6) is 5.75 Å². The van der Waals surface area contributed by atoms with Crippen LogP contribution in [0.25, 0.3) is 11.1 Å². The topological polar surface area (TPSA) is 50.6 Å². The zero-order chi connectivity index (χ0) is 23.3. The van der Waals surface area contributed by atoms with Crippen LogP contribution in [0.2, 0.25) is 0 Å². The Bertz CT molecular complexity index is 1250. The lowest BCUT2D eigenvalue weighted by molar-refractivity contribution is 0.0738. The van der Waals surface area contributed by atoms with Crippen molar-refractivity contribution in [2.24, 2.45) is 0 Å². The number of rotatable bonds is 6. The second kappa shape index (κ2) is 9.79. The highest BCUT2D eigenvalue weighted by Gasteiger charge is 2.24. The van der Waals surface area contributed by atoms with Crippen LogP contribution in [-0.4, -0.2) is 46.8 Å². The van der Waals surface area contributed by atoms with Gasteiger partial charge < -0.3 is 14.5 Å². The van der Waals surface area contributed by atoms with Gasteiger partial charge in [-0.15, -0.1) is 0 Å². The molecular formula is C27H25FN4O2. The number of anilines is 1. The van der Waals surface area contributed by atoms with E-state index >= 15 is 0 Å². The van der Waals surface area contributed by atoms with Gasteiger partial charge in [0, 0.05) is 32.4 Å². The zero-order valence-corrected chi connectivity index (χ0v) is 18.7. The van der Waals surface area contributed by atoms with Crippen molar-refractivity contribution >= 4 is 11.6 Å².